The molecule has 2 aliphatic carbocycles. The first-order valence-electron chi connectivity index (χ1n) is 7.49. The molecule has 2 amide bonds. The van der Waals surface area contributed by atoms with Crippen molar-refractivity contribution >= 4 is 33.4 Å². The smallest absolute Gasteiger partial charge is 0.238 e. The number of anilines is 1. The van der Waals surface area contributed by atoms with Crippen molar-refractivity contribution in [3.63, 3.8) is 0 Å². The second-order valence-electron chi connectivity index (χ2n) is 6.44. The normalized spacial score (nSPS) is 32.1. The molecule has 0 radical (unpaired) electrons. The first-order valence-corrected chi connectivity index (χ1v) is 8.29. The second-order valence-corrected chi connectivity index (χ2v) is 7.35. The average Bonchev–Trinajstić information content (AvgIpc) is 3.09. The van der Waals surface area contributed by atoms with Crippen LogP contribution in [0.3, 0.4) is 0 Å². The van der Waals surface area contributed by atoms with E-state index in [0.717, 1.165) is 4.47 Å². The molecule has 0 aromatic heterocycles. The minimum absolute atomic E-state index is 0.0521. The Hall–Kier alpha value is -1.68. The summed E-state index contributed by atoms with van der Waals surface area (Å²) in [5.74, 6) is -0.327. The van der Waals surface area contributed by atoms with E-state index in [1.165, 1.54) is 16.0 Å². The van der Waals surface area contributed by atoms with E-state index in [1.54, 1.807) is 0 Å². The lowest BCUT2D eigenvalue weighted by Gasteiger charge is -2.19. The first kappa shape index (κ1) is 13.9. The number of halogens is 1. The van der Waals surface area contributed by atoms with Crippen LogP contribution in [-0.4, -0.2) is 11.8 Å². The van der Waals surface area contributed by atoms with Gasteiger partial charge in [-0.15, -0.1) is 0 Å². The number of carbonyl (C=O) groups is 2. The van der Waals surface area contributed by atoms with Crippen molar-refractivity contribution in [2.24, 2.45) is 23.7 Å². The summed E-state index contributed by atoms with van der Waals surface area (Å²) in [6, 6.07) is 7.39. The van der Waals surface area contributed by atoms with Crippen LogP contribution in [0.4, 0.5) is 5.69 Å². The van der Waals surface area contributed by atoms with Crippen LogP contribution < -0.4 is 4.90 Å². The van der Waals surface area contributed by atoms with Crippen molar-refractivity contribution < 1.29 is 9.59 Å². The highest BCUT2D eigenvalue weighted by Crippen LogP contribution is 2.57. The van der Waals surface area contributed by atoms with Crippen molar-refractivity contribution in [1.82, 2.24) is 0 Å². The zero-order valence-corrected chi connectivity index (χ0v) is 14.0. The molecule has 4 rings (SSSR count). The molecule has 1 aromatic carbocycles. The van der Waals surface area contributed by atoms with Gasteiger partial charge in [0.1, 0.15) is 0 Å². The van der Waals surface area contributed by atoms with Crippen LogP contribution in [-0.2, 0) is 9.59 Å². The Morgan fingerprint density at radius 3 is 2.14 bits per heavy atom. The van der Waals surface area contributed by atoms with Crippen LogP contribution >= 0.6 is 15.9 Å². The highest BCUT2D eigenvalue weighted by atomic mass is 79.9. The van der Waals surface area contributed by atoms with Gasteiger partial charge in [-0.3, -0.25) is 9.59 Å². The summed E-state index contributed by atoms with van der Waals surface area (Å²) in [7, 11) is 0. The minimum Gasteiger partial charge on any atom is -0.274 e. The fourth-order valence-corrected chi connectivity index (χ4v) is 4.69. The fourth-order valence-electron chi connectivity index (χ4n) is 4.30. The van der Waals surface area contributed by atoms with Gasteiger partial charge in [0, 0.05) is 16.3 Å². The number of hydrogen-bond acceptors (Lipinski definition) is 2. The highest BCUT2D eigenvalue weighted by molar-refractivity contribution is 9.10. The average molecular weight is 358 g/mol. The van der Waals surface area contributed by atoms with Crippen LogP contribution in [0.5, 0.6) is 0 Å². The Bertz CT molecular complexity index is 726. The van der Waals surface area contributed by atoms with E-state index in [1.807, 2.05) is 24.3 Å². The maximum atomic E-state index is 12.9. The number of rotatable bonds is 1. The van der Waals surface area contributed by atoms with Crippen molar-refractivity contribution in [3.8, 4) is 0 Å². The number of imide groups is 1. The third kappa shape index (κ3) is 1.67. The number of fused-ring (bicyclic) bond motifs is 5. The zero-order valence-electron chi connectivity index (χ0n) is 12.4. The van der Waals surface area contributed by atoms with Crippen molar-refractivity contribution in [2.75, 3.05) is 4.90 Å². The van der Waals surface area contributed by atoms with Crippen molar-refractivity contribution in [2.45, 2.75) is 13.8 Å². The summed E-state index contributed by atoms with van der Waals surface area (Å²) in [6.45, 7) is 4.15. The van der Waals surface area contributed by atoms with Gasteiger partial charge in [-0.1, -0.05) is 45.3 Å². The molecule has 0 N–H and O–H groups in total. The third-order valence-corrected chi connectivity index (χ3v) is 5.55. The van der Waals surface area contributed by atoms with Crippen LogP contribution in [0.15, 0.2) is 52.0 Å². The molecular formula is C18H16BrNO2. The van der Waals surface area contributed by atoms with E-state index in [2.05, 4.69) is 41.9 Å². The summed E-state index contributed by atoms with van der Waals surface area (Å²) < 4.78 is 0.869. The molecule has 22 heavy (non-hydrogen) atoms. The highest BCUT2D eigenvalue weighted by Gasteiger charge is 2.61. The third-order valence-electron chi connectivity index (χ3n) is 5.06. The van der Waals surface area contributed by atoms with Crippen LogP contribution in [0.2, 0.25) is 0 Å². The molecular weight excluding hydrogens is 342 g/mol. The van der Waals surface area contributed by atoms with Gasteiger partial charge < -0.3 is 0 Å². The number of carbonyl (C=O) groups excluding carboxylic acids is 2. The lowest BCUT2D eigenvalue weighted by Crippen LogP contribution is -2.33. The molecule has 1 saturated carbocycles. The van der Waals surface area contributed by atoms with Crippen LogP contribution in [0, 0.1) is 23.7 Å². The molecule has 3 aliphatic rings. The Morgan fingerprint density at radius 1 is 1.05 bits per heavy atom. The van der Waals surface area contributed by atoms with Gasteiger partial charge in [0.2, 0.25) is 11.8 Å². The Balaban J connectivity index is 1.78. The molecule has 1 aromatic rings. The van der Waals surface area contributed by atoms with Gasteiger partial charge in [-0.2, -0.15) is 0 Å². The number of benzene rings is 1. The molecule has 1 aliphatic heterocycles. The van der Waals surface area contributed by atoms with Gasteiger partial charge in [-0.25, -0.2) is 4.90 Å². The van der Waals surface area contributed by atoms with E-state index in [4.69, 9.17) is 0 Å². The Labute approximate surface area is 137 Å². The van der Waals surface area contributed by atoms with E-state index in [9.17, 15) is 9.59 Å². The standard InChI is InChI=1S/C18H16BrNO2/c1-9(2)14-12-6-7-13(14)16-15(12)17(21)20(18(16)22)11-5-3-4-10(19)8-11/h3-8,12-13,15-16H,1-2H3/t12-,13+,15-,16-/m0/s1. The van der Waals surface area contributed by atoms with Crippen LogP contribution in [0.25, 0.3) is 0 Å². The summed E-state index contributed by atoms with van der Waals surface area (Å²) in [5, 5.41) is 0. The molecule has 2 fully saturated rings. The molecule has 0 spiro atoms. The summed E-state index contributed by atoms with van der Waals surface area (Å²) in [5.41, 5.74) is 3.19. The number of nitrogens with zero attached hydrogens (tertiary/aromatic N) is 1. The zero-order chi connectivity index (χ0) is 15.6. The summed E-state index contributed by atoms with van der Waals surface area (Å²) in [4.78, 5) is 27.2. The molecule has 1 heterocycles. The van der Waals surface area contributed by atoms with Gasteiger partial charge in [0.15, 0.2) is 0 Å². The monoisotopic (exact) mass is 357 g/mol. The quantitative estimate of drug-likeness (QED) is 0.567. The van der Waals surface area contributed by atoms with Gasteiger partial charge in [0.25, 0.3) is 0 Å². The van der Waals surface area contributed by atoms with E-state index < -0.39 is 0 Å². The Morgan fingerprint density at radius 2 is 1.64 bits per heavy atom. The Kier molecular flexibility index (Phi) is 2.95. The summed E-state index contributed by atoms with van der Waals surface area (Å²) >= 11 is 3.41. The van der Waals surface area contributed by atoms with E-state index in [-0.39, 0.29) is 35.5 Å². The molecule has 4 heteroatoms. The van der Waals surface area contributed by atoms with Gasteiger partial charge >= 0.3 is 0 Å². The second kappa shape index (κ2) is 4.66. The SMILES string of the molecule is CC(C)=C1[C@H]2C=C[C@@H]1[C@@H]1C(=O)N(c3cccc(Br)c3)C(=O)[C@H]12. The molecule has 1 saturated heterocycles. The maximum absolute atomic E-state index is 12.9. The van der Waals surface area contributed by atoms with Crippen molar-refractivity contribution in [3.05, 3.63) is 52.0 Å². The lowest BCUT2D eigenvalue weighted by atomic mass is 9.85. The van der Waals surface area contributed by atoms with Crippen molar-refractivity contribution in [1.29, 1.82) is 0 Å². The minimum atomic E-state index is -0.216. The molecule has 112 valence electrons. The molecule has 3 nitrogen and oxygen atoms in total. The molecule has 0 unspecified atom stereocenters. The molecule has 2 bridgehead atoms. The van der Waals surface area contributed by atoms with E-state index in [0.29, 0.717) is 5.69 Å². The number of hydrogen-bond donors (Lipinski definition) is 0. The van der Waals surface area contributed by atoms with Gasteiger partial charge in [-0.05, 0) is 32.0 Å². The topological polar surface area (TPSA) is 37.4 Å². The molecule has 4 atom stereocenters. The van der Waals surface area contributed by atoms with Crippen LogP contribution in [0.1, 0.15) is 13.8 Å². The number of allylic oxidation sites excluding steroid dienone is 4. The maximum Gasteiger partial charge on any atom is 0.238 e. The van der Waals surface area contributed by atoms with Gasteiger partial charge in [0.05, 0.1) is 17.5 Å². The van der Waals surface area contributed by atoms with E-state index >= 15 is 0 Å². The summed E-state index contributed by atoms with van der Waals surface area (Å²) in [6.07, 6.45) is 4.23. The lowest BCUT2D eigenvalue weighted by molar-refractivity contribution is -0.122. The largest absolute Gasteiger partial charge is 0.274 e. The first-order chi connectivity index (χ1) is 10.5. The predicted molar refractivity (Wildman–Crippen MR) is 88.1 cm³/mol. The fraction of sp³-hybridized carbons (Fsp3) is 0.333. The predicted octanol–water partition coefficient (Wildman–Crippen LogP) is 3.71. The number of amides is 2.